The van der Waals surface area contributed by atoms with Gasteiger partial charge in [0, 0.05) is 15.6 Å². The van der Waals surface area contributed by atoms with E-state index < -0.39 is 5.97 Å². The molecule has 0 atom stereocenters. The fourth-order valence-corrected chi connectivity index (χ4v) is 1.78. The smallest absolute Gasteiger partial charge is 0.307 e. The third-order valence-corrected chi connectivity index (χ3v) is 2.29. The van der Waals surface area contributed by atoms with Crippen LogP contribution >= 0.6 is 23.2 Å². The van der Waals surface area contributed by atoms with Crippen LogP contribution in [0.1, 0.15) is 11.1 Å². The molecule has 0 spiro atoms. The minimum atomic E-state index is -0.937. The van der Waals surface area contributed by atoms with E-state index in [-0.39, 0.29) is 6.42 Å². The zero-order valence-corrected chi connectivity index (χ0v) is 8.49. The van der Waals surface area contributed by atoms with Crippen molar-refractivity contribution in [2.45, 2.75) is 13.3 Å². The second-order valence-electron chi connectivity index (χ2n) is 2.78. The fraction of sp³-hybridized carbons (Fsp3) is 0.222. The van der Waals surface area contributed by atoms with Gasteiger partial charge in [0.1, 0.15) is 0 Å². The number of halogens is 2. The van der Waals surface area contributed by atoms with E-state index >= 15 is 0 Å². The maximum Gasteiger partial charge on any atom is 0.307 e. The Kier molecular flexibility index (Phi) is 3.17. The van der Waals surface area contributed by atoms with Crippen molar-refractivity contribution in [1.29, 1.82) is 0 Å². The van der Waals surface area contributed by atoms with E-state index in [0.29, 0.717) is 15.6 Å². The summed E-state index contributed by atoms with van der Waals surface area (Å²) >= 11 is 11.7. The average Bonchev–Trinajstić information content (AvgIpc) is 1.96. The van der Waals surface area contributed by atoms with Crippen molar-refractivity contribution >= 4 is 29.2 Å². The second-order valence-corrected chi connectivity index (χ2v) is 3.59. The van der Waals surface area contributed by atoms with E-state index in [1.54, 1.807) is 12.1 Å². The van der Waals surface area contributed by atoms with Crippen molar-refractivity contribution in [3.63, 3.8) is 0 Å². The Balaban J connectivity index is 3.13. The fourth-order valence-electron chi connectivity index (χ4n) is 1.05. The maximum atomic E-state index is 10.4. The molecule has 0 aliphatic rings. The molecule has 1 aromatic rings. The minimum absolute atomic E-state index is 0.141. The molecule has 0 unspecified atom stereocenters. The molecule has 0 amide bonds. The molecule has 2 nitrogen and oxygen atoms in total. The molecule has 0 saturated heterocycles. The van der Waals surface area contributed by atoms with E-state index in [1.165, 1.54) is 0 Å². The van der Waals surface area contributed by atoms with Crippen LogP contribution in [-0.2, 0) is 11.2 Å². The molecular weight excluding hydrogens is 211 g/mol. The van der Waals surface area contributed by atoms with E-state index in [4.69, 9.17) is 28.3 Å². The summed E-state index contributed by atoms with van der Waals surface area (Å²) < 4.78 is 0. The minimum Gasteiger partial charge on any atom is -0.481 e. The first-order valence-corrected chi connectivity index (χ1v) is 4.42. The first-order valence-electron chi connectivity index (χ1n) is 3.67. The van der Waals surface area contributed by atoms with Crippen LogP contribution in [0.2, 0.25) is 10.0 Å². The third-order valence-electron chi connectivity index (χ3n) is 1.61. The van der Waals surface area contributed by atoms with Gasteiger partial charge in [-0.2, -0.15) is 0 Å². The van der Waals surface area contributed by atoms with Gasteiger partial charge in [0.15, 0.2) is 0 Å². The van der Waals surface area contributed by atoms with Crippen LogP contribution in [0.3, 0.4) is 0 Å². The van der Waals surface area contributed by atoms with Crippen LogP contribution < -0.4 is 0 Å². The molecular formula is C9H8Cl2O2. The molecule has 0 bridgehead atoms. The highest BCUT2D eigenvalue weighted by atomic mass is 35.5. The summed E-state index contributed by atoms with van der Waals surface area (Å²) in [5.41, 5.74) is 1.39. The molecule has 0 radical (unpaired) electrons. The Morgan fingerprint density at radius 3 is 2.23 bits per heavy atom. The average molecular weight is 219 g/mol. The number of rotatable bonds is 2. The van der Waals surface area contributed by atoms with E-state index in [1.807, 2.05) is 6.92 Å². The van der Waals surface area contributed by atoms with E-state index in [0.717, 1.165) is 5.56 Å². The molecule has 1 aromatic carbocycles. The Labute approximate surface area is 86.1 Å². The number of carboxylic acids is 1. The predicted octanol–water partition coefficient (Wildman–Crippen LogP) is 2.93. The molecule has 0 saturated carbocycles. The number of carbonyl (C=O) groups is 1. The van der Waals surface area contributed by atoms with Crippen molar-refractivity contribution in [1.82, 2.24) is 0 Å². The van der Waals surface area contributed by atoms with Crippen LogP contribution in [0.25, 0.3) is 0 Å². The lowest BCUT2D eigenvalue weighted by Gasteiger charge is -2.05. The van der Waals surface area contributed by atoms with Gasteiger partial charge in [0.2, 0.25) is 0 Å². The lowest BCUT2D eigenvalue weighted by atomic mass is 10.1. The number of aryl methyl sites for hydroxylation is 1. The predicted molar refractivity (Wildman–Crippen MR) is 52.5 cm³/mol. The Bertz CT molecular complexity index is 324. The van der Waals surface area contributed by atoms with Gasteiger partial charge in [-0.05, 0) is 24.6 Å². The Hall–Kier alpha value is -0.730. The summed E-state index contributed by atoms with van der Waals surface area (Å²) in [7, 11) is 0. The van der Waals surface area contributed by atoms with Gasteiger partial charge in [-0.15, -0.1) is 0 Å². The number of benzene rings is 1. The van der Waals surface area contributed by atoms with Gasteiger partial charge in [0.05, 0.1) is 6.42 Å². The zero-order valence-electron chi connectivity index (χ0n) is 6.97. The first-order chi connectivity index (χ1) is 6.00. The molecule has 70 valence electrons. The van der Waals surface area contributed by atoms with Gasteiger partial charge in [-0.25, -0.2) is 0 Å². The van der Waals surface area contributed by atoms with Crippen LogP contribution in [0.15, 0.2) is 12.1 Å². The topological polar surface area (TPSA) is 37.3 Å². The van der Waals surface area contributed by atoms with Crippen molar-refractivity contribution in [2.75, 3.05) is 0 Å². The Morgan fingerprint density at radius 1 is 1.38 bits per heavy atom. The highest BCUT2D eigenvalue weighted by molar-refractivity contribution is 6.36. The molecule has 4 heteroatoms. The van der Waals surface area contributed by atoms with Crippen LogP contribution in [0.4, 0.5) is 0 Å². The highest BCUT2D eigenvalue weighted by Crippen LogP contribution is 2.26. The number of carboxylic acid groups (broad SMARTS) is 1. The number of aliphatic carboxylic acids is 1. The summed E-state index contributed by atoms with van der Waals surface area (Å²) in [6.07, 6.45) is -0.141. The largest absolute Gasteiger partial charge is 0.481 e. The summed E-state index contributed by atoms with van der Waals surface area (Å²) in [5.74, 6) is -0.937. The van der Waals surface area contributed by atoms with Crippen LogP contribution in [0.5, 0.6) is 0 Å². The van der Waals surface area contributed by atoms with Gasteiger partial charge in [0.25, 0.3) is 0 Å². The van der Waals surface area contributed by atoms with Gasteiger partial charge >= 0.3 is 5.97 Å². The Morgan fingerprint density at radius 2 is 1.85 bits per heavy atom. The monoisotopic (exact) mass is 218 g/mol. The molecule has 0 fully saturated rings. The highest BCUT2D eigenvalue weighted by Gasteiger charge is 2.10. The summed E-state index contributed by atoms with van der Waals surface area (Å²) in [6.45, 7) is 1.85. The summed E-state index contributed by atoms with van der Waals surface area (Å²) in [4.78, 5) is 10.4. The molecule has 1 rings (SSSR count). The molecule has 1 N–H and O–H groups in total. The van der Waals surface area contributed by atoms with Crippen LogP contribution in [-0.4, -0.2) is 11.1 Å². The first kappa shape index (κ1) is 10.4. The quantitative estimate of drug-likeness (QED) is 0.830. The molecule has 0 aliphatic heterocycles. The van der Waals surface area contributed by atoms with E-state index in [2.05, 4.69) is 0 Å². The maximum absolute atomic E-state index is 10.4. The third kappa shape index (κ3) is 2.61. The van der Waals surface area contributed by atoms with Gasteiger partial charge < -0.3 is 5.11 Å². The SMILES string of the molecule is Cc1cc(Cl)c(CC(=O)O)c(Cl)c1. The van der Waals surface area contributed by atoms with Crippen molar-refractivity contribution in [3.8, 4) is 0 Å². The summed E-state index contributed by atoms with van der Waals surface area (Å²) in [5, 5.41) is 9.39. The van der Waals surface area contributed by atoms with E-state index in [9.17, 15) is 4.79 Å². The summed E-state index contributed by atoms with van der Waals surface area (Å²) in [6, 6.07) is 3.40. The normalized spacial score (nSPS) is 10.1. The number of hydrogen-bond donors (Lipinski definition) is 1. The zero-order chi connectivity index (χ0) is 10.0. The van der Waals surface area contributed by atoms with Gasteiger partial charge in [-0.3, -0.25) is 4.79 Å². The number of hydrogen-bond acceptors (Lipinski definition) is 1. The van der Waals surface area contributed by atoms with Crippen LogP contribution in [0, 0.1) is 6.92 Å². The van der Waals surface area contributed by atoms with Gasteiger partial charge in [-0.1, -0.05) is 23.2 Å². The second kappa shape index (κ2) is 3.99. The standard InChI is InChI=1S/C9H8Cl2O2/c1-5-2-7(10)6(4-9(12)13)8(11)3-5/h2-3H,4H2,1H3,(H,12,13). The van der Waals surface area contributed by atoms with Crippen molar-refractivity contribution in [3.05, 3.63) is 33.3 Å². The lowest BCUT2D eigenvalue weighted by Crippen LogP contribution is -2.01. The molecule has 0 aliphatic carbocycles. The van der Waals surface area contributed by atoms with Crippen molar-refractivity contribution < 1.29 is 9.90 Å². The lowest BCUT2D eigenvalue weighted by molar-refractivity contribution is -0.136. The van der Waals surface area contributed by atoms with Crippen molar-refractivity contribution in [2.24, 2.45) is 0 Å². The molecule has 13 heavy (non-hydrogen) atoms. The molecule has 0 heterocycles. The molecule has 0 aromatic heterocycles.